The van der Waals surface area contributed by atoms with E-state index < -0.39 is 17.8 Å². The van der Waals surface area contributed by atoms with Gasteiger partial charge in [-0.3, -0.25) is 14.5 Å². The van der Waals surface area contributed by atoms with Gasteiger partial charge in [0.25, 0.3) is 5.91 Å². The topological polar surface area (TPSA) is 77.4 Å². The first-order valence-corrected chi connectivity index (χ1v) is 10.5. The molecule has 4 rings (SSSR count). The second-order valence-corrected chi connectivity index (χ2v) is 7.94. The molecule has 0 radical (unpaired) electrons. The minimum absolute atomic E-state index is 0.0325. The molecule has 0 aromatic heterocycles. The Hall–Kier alpha value is -3.40. The summed E-state index contributed by atoms with van der Waals surface area (Å²) in [5.74, 6) is -0.123. The minimum atomic E-state index is -2.95. The molecule has 0 bridgehead atoms. The van der Waals surface area contributed by atoms with Crippen LogP contribution in [0.4, 0.5) is 14.5 Å². The summed E-state index contributed by atoms with van der Waals surface area (Å²) in [5.41, 5.74) is 1.33. The Kier molecular flexibility index (Phi) is 6.40. The number of halogens is 2. The minimum Gasteiger partial charge on any atom is -0.497 e. The number of benzene rings is 2. The first-order chi connectivity index (χ1) is 15.4. The number of amides is 1. The van der Waals surface area contributed by atoms with E-state index in [1.807, 2.05) is 0 Å². The number of anilines is 1. The van der Waals surface area contributed by atoms with E-state index in [2.05, 4.69) is 9.73 Å². The Balaban J connectivity index is 1.65. The SMILES string of the molecule is COc1ccc(/C=C2/N=C(S[C@H]3CCOC3=O)N(c3ccc(OC(F)F)cc3)C2=O)cc1. The van der Waals surface area contributed by atoms with Crippen LogP contribution in [0.15, 0.2) is 59.2 Å². The Morgan fingerprint density at radius 2 is 1.81 bits per heavy atom. The summed E-state index contributed by atoms with van der Waals surface area (Å²) >= 11 is 1.13. The molecule has 2 aromatic rings. The first kappa shape index (κ1) is 21.8. The number of carbonyl (C=O) groups is 2. The summed E-state index contributed by atoms with van der Waals surface area (Å²) in [7, 11) is 1.56. The second-order valence-electron chi connectivity index (χ2n) is 6.77. The third-order valence-electron chi connectivity index (χ3n) is 4.70. The molecule has 0 saturated carbocycles. The quantitative estimate of drug-likeness (QED) is 0.478. The predicted molar refractivity (Wildman–Crippen MR) is 116 cm³/mol. The van der Waals surface area contributed by atoms with Crippen LogP contribution in [0.25, 0.3) is 6.08 Å². The second kappa shape index (κ2) is 9.39. The number of alkyl halides is 2. The molecule has 1 fully saturated rings. The van der Waals surface area contributed by atoms with Crippen LogP contribution in [0, 0.1) is 0 Å². The molecule has 2 aliphatic heterocycles. The van der Waals surface area contributed by atoms with E-state index in [9.17, 15) is 18.4 Å². The smallest absolute Gasteiger partial charge is 0.387 e. The lowest BCUT2D eigenvalue weighted by Gasteiger charge is -2.19. The van der Waals surface area contributed by atoms with E-state index in [-0.39, 0.29) is 17.4 Å². The lowest BCUT2D eigenvalue weighted by Crippen LogP contribution is -2.32. The van der Waals surface area contributed by atoms with E-state index in [0.717, 1.165) is 17.3 Å². The van der Waals surface area contributed by atoms with Crippen LogP contribution in [0.5, 0.6) is 11.5 Å². The lowest BCUT2D eigenvalue weighted by atomic mass is 10.2. The van der Waals surface area contributed by atoms with Crippen LogP contribution in [0.2, 0.25) is 0 Å². The number of hydrogen-bond acceptors (Lipinski definition) is 7. The number of nitrogens with zero attached hydrogens (tertiary/aromatic N) is 2. The van der Waals surface area contributed by atoms with Crippen LogP contribution in [-0.2, 0) is 14.3 Å². The number of ether oxygens (including phenoxy) is 3. The zero-order valence-electron chi connectivity index (χ0n) is 16.9. The van der Waals surface area contributed by atoms with Crippen LogP contribution >= 0.6 is 11.8 Å². The molecular formula is C22H18F2N2O5S. The van der Waals surface area contributed by atoms with Crippen LogP contribution < -0.4 is 14.4 Å². The highest BCUT2D eigenvalue weighted by Gasteiger charge is 2.37. The zero-order valence-corrected chi connectivity index (χ0v) is 17.7. The van der Waals surface area contributed by atoms with E-state index in [1.165, 1.54) is 29.2 Å². The number of carbonyl (C=O) groups excluding carboxylic acids is 2. The standard InChI is InChI=1S/C22H18F2N2O5S/c1-29-15-6-2-13(3-7-15)12-17-19(27)26(14-4-8-16(9-5-14)31-21(23)24)22(25-17)32-18-10-11-30-20(18)28/h2-9,12,18,21H,10-11H2,1H3/b17-12+/t18-/m0/s1. The van der Waals surface area contributed by atoms with Gasteiger partial charge in [0.1, 0.15) is 22.4 Å². The zero-order chi connectivity index (χ0) is 22.7. The molecular weight excluding hydrogens is 442 g/mol. The summed E-state index contributed by atoms with van der Waals surface area (Å²) in [6, 6.07) is 12.7. The number of aliphatic imine (C=N–C) groups is 1. The average molecular weight is 460 g/mol. The predicted octanol–water partition coefficient (Wildman–Crippen LogP) is 4.09. The van der Waals surface area contributed by atoms with E-state index in [4.69, 9.17) is 9.47 Å². The fraction of sp³-hybridized carbons (Fsp3) is 0.227. The van der Waals surface area contributed by atoms with Gasteiger partial charge >= 0.3 is 12.6 Å². The first-order valence-electron chi connectivity index (χ1n) is 9.61. The molecule has 166 valence electrons. The normalized spacial score (nSPS) is 19.5. The fourth-order valence-corrected chi connectivity index (χ4v) is 4.23. The molecule has 10 heteroatoms. The summed E-state index contributed by atoms with van der Waals surface area (Å²) in [5, 5.41) is -0.174. The molecule has 1 amide bonds. The lowest BCUT2D eigenvalue weighted by molar-refractivity contribution is -0.137. The third kappa shape index (κ3) is 4.75. The molecule has 1 atom stereocenters. The van der Waals surface area contributed by atoms with Gasteiger partial charge in [-0.1, -0.05) is 23.9 Å². The summed E-state index contributed by atoms with van der Waals surface area (Å²) in [6.07, 6.45) is 2.13. The Morgan fingerprint density at radius 3 is 2.41 bits per heavy atom. The number of hydrogen-bond donors (Lipinski definition) is 0. The molecule has 0 unspecified atom stereocenters. The summed E-state index contributed by atoms with van der Waals surface area (Å²) in [4.78, 5) is 31.0. The van der Waals surface area contributed by atoms with E-state index in [0.29, 0.717) is 29.6 Å². The van der Waals surface area contributed by atoms with Crippen molar-refractivity contribution < 1.29 is 32.6 Å². The van der Waals surface area contributed by atoms with Crippen molar-refractivity contribution in [3.05, 3.63) is 59.8 Å². The Bertz CT molecular complexity index is 1070. The van der Waals surface area contributed by atoms with Crippen LogP contribution in [0.1, 0.15) is 12.0 Å². The molecule has 2 aromatic carbocycles. The van der Waals surface area contributed by atoms with Crippen molar-refractivity contribution in [2.75, 3.05) is 18.6 Å². The number of amidine groups is 1. The number of cyclic esters (lactones) is 1. The molecule has 32 heavy (non-hydrogen) atoms. The van der Waals surface area contributed by atoms with E-state index in [1.54, 1.807) is 37.5 Å². The van der Waals surface area contributed by atoms with Gasteiger partial charge in [-0.05, 0) is 48.0 Å². The highest BCUT2D eigenvalue weighted by atomic mass is 32.2. The maximum atomic E-state index is 13.2. The molecule has 0 N–H and O–H groups in total. The Labute approximate surface area is 186 Å². The van der Waals surface area contributed by atoms with Crippen molar-refractivity contribution >= 4 is 40.6 Å². The van der Waals surface area contributed by atoms with Gasteiger partial charge in [0.15, 0.2) is 5.17 Å². The van der Waals surface area contributed by atoms with Crippen LogP contribution in [0.3, 0.4) is 0 Å². The largest absolute Gasteiger partial charge is 0.497 e. The van der Waals surface area contributed by atoms with Crippen molar-refractivity contribution in [2.24, 2.45) is 4.99 Å². The summed E-state index contributed by atoms with van der Waals surface area (Å²) in [6.45, 7) is -2.64. The number of thioether (sulfide) groups is 1. The molecule has 0 spiro atoms. The van der Waals surface area contributed by atoms with Crippen LogP contribution in [-0.4, -0.2) is 42.6 Å². The van der Waals surface area contributed by atoms with Crippen molar-refractivity contribution in [1.82, 2.24) is 0 Å². The summed E-state index contributed by atoms with van der Waals surface area (Å²) < 4.78 is 39.4. The van der Waals surface area contributed by atoms with Gasteiger partial charge in [0, 0.05) is 6.42 Å². The van der Waals surface area contributed by atoms with Gasteiger partial charge in [-0.25, -0.2) is 4.99 Å². The molecule has 2 heterocycles. The van der Waals surface area contributed by atoms with Crippen molar-refractivity contribution in [1.29, 1.82) is 0 Å². The van der Waals surface area contributed by atoms with Crippen molar-refractivity contribution in [3.63, 3.8) is 0 Å². The monoisotopic (exact) mass is 460 g/mol. The average Bonchev–Trinajstić information content (AvgIpc) is 3.32. The molecule has 1 saturated heterocycles. The van der Waals surface area contributed by atoms with Crippen molar-refractivity contribution in [3.8, 4) is 11.5 Å². The maximum absolute atomic E-state index is 13.2. The van der Waals surface area contributed by atoms with Gasteiger partial charge in [-0.2, -0.15) is 8.78 Å². The van der Waals surface area contributed by atoms with Gasteiger partial charge in [-0.15, -0.1) is 0 Å². The Morgan fingerprint density at radius 1 is 1.12 bits per heavy atom. The third-order valence-corrected chi connectivity index (χ3v) is 5.90. The number of rotatable bonds is 6. The van der Waals surface area contributed by atoms with Gasteiger partial charge in [0.05, 0.1) is 19.4 Å². The molecule has 0 aliphatic carbocycles. The number of esters is 1. The maximum Gasteiger partial charge on any atom is 0.387 e. The van der Waals surface area contributed by atoms with Gasteiger partial charge in [0.2, 0.25) is 0 Å². The fourth-order valence-electron chi connectivity index (χ4n) is 3.15. The number of methoxy groups -OCH3 is 1. The van der Waals surface area contributed by atoms with Crippen molar-refractivity contribution in [2.45, 2.75) is 18.3 Å². The highest BCUT2D eigenvalue weighted by Crippen LogP contribution is 2.34. The molecule has 2 aliphatic rings. The van der Waals surface area contributed by atoms with E-state index >= 15 is 0 Å². The van der Waals surface area contributed by atoms with Gasteiger partial charge < -0.3 is 14.2 Å². The highest BCUT2D eigenvalue weighted by molar-refractivity contribution is 8.15. The molecule has 7 nitrogen and oxygen atoms in total.